The van der Waals surface area contributed by atoms with E-state index in [1.165, 1.54) is 37.7 Å². The monoisotopic (exact) mass is 150 g/mol. The largest absolute Gasteiger partial charge is 0.0847 e. The van der Waals surface area contributed by atoms with Crippen LogP contribution in [0.1, 0.15) is 46.0 Å². The highest BCUT2D eigenvalue weighted by Gasteiger charge is 2.03. The number of rotatable bonds is 1. The van der Waals surface area contributed by atoms with Gasteiger partial charge < -0.3 is 0 Å². The van der Waals surface area contributed by atoms with E-state index in [1.54, 1.807) is 5.57 Å². The predicted octanol–water partition coefficient (Wildman–Crippen LogP) is 3.84. The molecule has 11 heavy (non-hydrogen) atoms. The molecule has 1 rings (SSSR count). The van der Waals surface area contributed by atoms with E-state index in [0.29, 0.717) is 0 Å². The molecule has 0 aromatic rings. The quantitative estimate of drug-likeness (QED) is 0.532. The van der Waals surface area contributed by atoms with Gasteiger partial charge in [-0.3, -0.25) is 0 Å². The summed E-state index contributed by atoms with van der Waals surface area (Å²) in [7, 11) is 0. The van der Waals surface area contributed by atoms with Crippen molar-refractivity contribution in [1.82, 2.24) is 0 Å². The van der Waals surface area contributed by atoms with Crippen molar-refractivity contribution in [1.29, 1.82) is 0 Å². The Bertz CT molecular complexity index is 164. The molecular formula is C11H18. The van der Waals surface area contributed by atoms with Crippen LogP contribution >= 0.6 is 0 Å². The first kappa shape index (κ1) is 8.58. The molecule has 1 aliphatic carbocycles. The summed E-state index contributed by atoms with van der Waals surface area (Å²) in [6, 6.07) is 0. The third kappa shape index (κ3) is 2.92. The van der Waals surface area contributed by atoms with E-state index >= 15 is 0 Å². The fourth-order valence-corrected chi connectivity index (χ4v) is 1.56. The molecule has 0 bridgehead atoms. The van der Waals surface area contributed by atoms with Gasteiger partial charge in [0.1, 0.15) is 0 Å². The maximum Gasteiger partial charge on any atom is -0.0317 e. The van der Waals surface area contributed by atoms with Gasteiger partial charge in [-0.1, -0.05) is 29.7 Å². The van der Waals surface area contributed by atoms with E-state index in [-0.39, 0.29) is 0 Å². The average molecular weight is 150 g/mol. The first-order valence-corrected chi connectivity index (χ1v) is 4.65. The predicted molar refractivity (Wildman–Crippen MR) is 50.6 cm³/mol. The van der Waals surface area contributed by atoms with Crippen molar-refractivity contribution in [2.45, 2.75) is 46.0 Å². The fraction of sp³-hybridized carbons (Fsp3) is 0.636. The summed E-state index contributed by atoms with van der Waals surface area (Å²) < 4.78 is 0. The van der Waals surface area contributed by atoms with E-state index in [0.717, 1.165) is 0 Å². The molecule has 0 N–H and O–H groups in total. The summed E-state index contributed by atoms with van der Waals surface area (Å²) >= 11 is 0. The van der Waals surface area contributed by atoms with E-state index < -0.39 is 0 Å². The Labute approximate surface area is 70.0 Å². The Kier molecular flexibility index (Phi) is 3.41. The molecule has 0 heteroatoms. The lowest BCUT2D eigenvalue weighted by Gasteiger charge is -2.13. The summed E-state index contributed by atoms with van der Waals surface area (Å²) in [6.45, 7) is 4.29. The van der Waals surface area contributed by atoms with Gasteiger partial charge in [-0.05, 0) is 39.5 Å². The summed E-state index contributed by atoms with van der Waals surface area (Å²) in [6.07, 6.45) is 11.5. The van der Waals surface area contributed by atoms with Crippen LogP contribution in [0.15, 0.2) is 23.3 Å². The van der Waals surface area contributed by atoms with Crippen LogP contribution in [-0.4, -0.2) is 0 Å². The van der Waals surface area contributed by atoms with Crippen molar-refractivity contribution in [3.63, 3.8) is 0 Å². The van der Waals surface area contributed by atoms with Crippen molar-refractivity contribution in [2.24, 2.45) is 0 Å². The maximum absolute atomic E-state index is 2.36. The van der Waals surface area contributed by atoms with Crippen molar-refractivity contribution >= 4 is 0 Å². The van der Waals surface area contributed by atoms with E-state index in [2.05, 4.69) is 26.0 Å². The van der Waals surface area contributed by atoms with Crippen LogP contribution in [0.3, 0.4) is 0 Å². The second kappa shape index (κ2) is 4.38. The van der Waals surface area contributed by atoms with Gasteiger partial charge >= 0.3 is 0 Å². The van der Waals surface area contributed by atoms with Gasteiger partial charge in [-0.25, -0.2) is 0 Å². The average Bonchev–Trinajstić information content (AvgIpc) is 2.06. The van der Waals surface area contributed by atoms with Crippen LogP contribution in [0.5, 0.6) is 0 Å². The van der Waals surface area contributed by atoms with Gasteiger partial charge in [0.2, 0.25) is 0 Å². The van der Waals surface area contributed by atoms with Crippen LogP contribution in [0.25, 0.3) is 0 Å². The van der Waals surface area contributed by atoms with Gasteiger partial charge in [0.05, 0.1) is 0 Å². The third-order valence-electron chi connectivity index (χ3n) is 2.38. The highest BCUT2D eigenvalue weighted by molar-refractivity contribution is 5.21. The zero-order valence-electron chi connectivity index (χ0n) is 7.69. The van der Waals surface area contributed by atoms with E-state index in [9.17, 15) is 0 Å². The van der Waals surface area contributed by atoms with Crippen LogP contribution < -0.4 is 0 Å². The topological polar surface area (TPSA) is 0 Å². The van der Waals surface area contributed by atoms with E-state index in [4.69, 9.17) is 0 Å². The lowest BCUT2D eigenvalue weighted by molar-refractivity contribution is 0.598. The molecule has 0 radical (unpaired) electrons. The molecule has 62 valence electrons. The summed E-state index contributed by atoms with van der Waals surface area (Å²) in [5.41, 5.74) is 3.08. The van der Waals surface area contributed by atoms with Crippen molar-refractivity contribution in [3.8, 4) is 0 Å². The highest BCUT2D eigenvalue weighted by atomic mass is 14.1. The minimum absolute atomic E-state index is 1.34. The van der Waals surface area contributed by atoms with Crippen LogP contribution in [0.2, 0.25) is 0 Å². The smallest absolute Gasteiger partial charge is 0.0317 e. The second-order valence-corrected chi connectivity index (χ2v) is 3.40. The Morgan fingerprint density at radius 3 is 2.36 bits per heavy atom. The van der Waals surface area contributed by atoms with Crippen molar-refractivity contribution < 1.29 is 0 Å². The Morgan fingerprint density at radius 1 is 1.18 bits per heavy atom. The van der Waals surface area contributed by atoms with Gasteiger partial charge in [0.25, 0.3) is 0 Å². The van der Waals surface area contributed by atoms with Gasteiger partial charge in [-0.2, -0.15) is 0 Å². The minimum Gasteiger partial charge on any atom is -0.0847 e. The van der Waals surface area contributed by atoms with Crippen LogP contribution in [-0.2, 0) is 0 Å². The first-order chi connectivity index (χ1) is 5.33. The number of hydrogen-bond donors (Lipinski definition) is 0. The standard InChI is InChI=1S/C11H18/c1-3-10(2)9-11-7-5-4-6-8-11/h3,9H,4-8H2,1-2H3/b10-3+. The lowest BCUT2D eigenvalue weighted by Crippen LogP contribution is -1.93. The molecule has 1 saturated carbocycles. The van der Waals surface area contributed by atoms with Crippen LogP contribution in [0, 0.1) is 0 Å². The minimum atomic E-state index is 1.34. The molecule has 0 saturated heterocycles. The third-order valence-corrected chi connectivity index (χ3v) is 2.38. The summed E-state index contributed by atoms with van der Waals surface area (Å²) in [5.74, 6) is 0. The normalized spacial score (nSPS) is 20.2. The highest BCUT2D eigenvalue weighted by Crippen LogP contribution is 2.23. The zero-order valence-corrected chi connectivity index (χ0v) is 7.69. The molecule has 0 aromatic heterocycles. The van der Waals surface area contributed by atoms with Crippen molar-refractivity contribution in [3.05, 3.63) is 23.3 Å². The number of hydrogen-bond acceptors (Lipinski definition) is 0. The number of allylic oxidation sites excluding steroid dienone is 4. The summed E-state index contributed by atoms with van der Waals surface area (Å²) in [5, 5.41) is 0. The molecular weight excluding hydrogens is 132 g/mol. The second-order valence-electron chi connectivity index (χ2n) is 3.40. The Morgan fingerprint density at radius 2 is 1.82 bits per heavy atom. The maximum atomic E-state index is 2.36. The molecule has 0 atom stereocenters. The fourth-order valence-electron chi connectivity index (χ4n) is 1.56. The molecule has 0 heterocycles. The molecule has 0 amide bonds. The van der Waals surface area contributed by atoms with Gasteiger partial charge in [0, 0.05) is 0 Å². The molecule has 1 aliphatic rings. The molecule has 0 spiro atoms. The molecule has 0 aliphatic heterocycles. The SMILES string of the molecule is C/C=C(\C)C=C1CCCCC1. The van der Waals surface area contributed by atoms with E-state index in [1.807, 2.05) is 0 Å². The molecule has 0 unspecified atom stereocenters. The Balaban J connectivity index is 2.50. The molecule has 0 aromatic carbocycles. The summed E-state index contributed by atoms with van der Waals surface area (Å²) in [4.78, 5) is 0. The Hall–Kier alpha value is -0.520. The van der Waals surface area contributed by atoms with Crippen molar-refractivity contribution in [2.75, 3.05) is 0 Å². The van der Waals surface area contributed by atoms with Crippen LogP contribution in [0.4, 0.5) is 0 Å². The first-order valence-electron chi connectivity index (χ1n) is 4.65. The zero-order chi connectivity index (χ0) is 8.10. The molecule has 1 fully saturated rings. The van der Waals surface area contributed by atoms with Gasteiger partial charge in [-0.15, -0.1) is 0 Å². The molecule has 0 nitrogen and oxygen atoms in total. The lowest BCUT2D eigenvalue weighted by atomic mass is 9.93. The van der Waals surface area contributed by atoms with Gasteiger partial charge in [0.15, 0.2) is 0 Å².